The molecule has 0 spiro atoms. The third kappa shape index (κ3) is 3.43. The Morgan fingerprint density at radius 2 is 0.484 bits per heavy atom. The molecule has 152 valence electrons. The van der Waals surface area contributed by atoms with Gasteiger partial charge in [0, 0.05) is 10.8 Å². The van der Waals surface area contributed by atoms with Crippen LogP contribution in [0.4, 0.5) is 0 Å². The maximum Gasteiger partial charge on any atom is 0.281 e. The molecule has 7 nitrogen and oxygen atoms in total. The van der Waals surface area contributed by atoms with Crippen molar-refractivity contribution in [2.75, 3.05) is 0 Å². The predicted octanol–water partition coefficient (Wildman–Crippen LogP) is 0.483. The fraction of sp³-hybridized carbons (Fsp3) is 0. The van der Waals surface area contributed by atoms with E-state index in [4.69, 9.17) is 0 Å². The summed E-state index contributed by atoms with van der Waals surface area (Å²) in [5, 5.41) is 1.63. The summed E-state index contributed by atoms with van der Waals surface area (Å²) in [6, 6.07) is 19.2. The number of rotatable bonds is 0. The summed E-state index contributed by atoms with van der Waals surface area (Å²) in [7, 11) is 0. The molecule has 31 heavy (non-hydrogen) atoms. The molecule has 4 rings (SSSR count). The van der Waals surface area contributed by atoms with Crippen LogP contribution in [0, 0.1) is 0 Å². The van der Waals surface area contributed by atoms with Crippen molar-refractivity contribution in [2.24, 2.45) is 0 Å². The zero-order chi connectivity index (χ0) is 21.4. The zero-order valence-electron chi connectivity index (χ0n) is 15.9. The Morgan fingerprint density at radius 1 is 0.290 bits per heavy atom. The van der Waals surface area contributed by atoms with E-state index in [2.05, 4.69) is 0 Å². The maximum atomic E-state index is 12.7. The second-order valence-corrected chi connectivity index (χ2v) is 6.61. The Bertz CT molecular complexity index is 1630. The third-order valence-corrected chi connectivity index (χ3v) is 4.88. The number of hydrogen-bond donors (Lipinski definition) is 0. The van der Waals surface area contributed by atoms with E-state index in [1.54, 1.807) is 48.5 Å². The minimum absolute atomic E-state index is 0. The van der Waals surface area contributed by atoms with Crippen molar-refractivity contribution >= 4 is 32.3 Å². The second-order valence-electron chi connectivity index (χ2n) is 6.61. The SMILES string of the molecule is O.O=c1c(=O)c(=O)c(=O)c2ccccc2c2ccccc2c2ccccc2c(=O)c1=O. The highest BCUT2D eigenvalue weighted by atomic mass is 16.2. The molecule has 4 aromatic rings. The summed E-state index contributed by atoms with van der Waals surface area (Å²) in [6.07, 6.45) is 0. The van der Waals surface area contributed by atoms with Crippen LogP contribution in [0.1, 0.15) is 0 Å². The van der Waals surface area contributed by atoms with Gasteiger partial charge in [0.2, 0.25) is 10.9 Å². The lowest BCUT2D eigenvalue weighted by Gasteiger charge is -2.02. The summed E-state index contributed by atoms with van der Waals surface area (Å²) >= 11 is 0. The summed E-state index contributed by atoms with van der Waals surface area (Å²) in [6.45, 7) is 0. The van der Waals surface area contributed by atoms with Crippen LogP contribution < -0.4 is 32.6 Å². The lowest BCUT2D eigenvalue weighted by molar-refractivity contribution is 0.824. The minimum atomic E-state index is -1.82. The molecule has 0 fully saturated rings. The quantitative estimate of drug-likeness (QED) is 0.384. The molecule has 7 heteroatoms. The first kappa shape index (κ1) is 21.4. The molecule has 0 aliphatic rings. The number of fused-ring (bicyclic) bond motifs is 5. The lowest BCUT2D eigenvalue weighted by Crippen LogP contribution is -2.51. The van der Waals surface area contributed by atoms with Crippen LogP contribution in [0.2, 0.25) is 0 Å². The molecule has 0 unspecified atom stereocenters. The molecule has 0 amide bonds. The molecular formula is C24H14O7. The van der Waals surface area contributed by atoms with Crippen molar-refractivity contribution in [1.82, 2.24) is 0 Å². The van der Waals surface area contributed by atoms with Gasteiger partial charge in [-0.1, -0.05) is 72.8 Å². The molecule has 0 heterocycles. The van der Waals surface area contributed by atoms with E-state index in [1.165, 1.54) is 24.3 Å². The van der Waals surface area contributed by atoms with Crippen LogP contribution >= 0.6 is 0 Å². The van der Waals surface area contributed by atoms with Crippen LogP contribution in [-0.4, -0.2) is 5.48 Å². The molecule has 0 radical (unpaired) electrons. The normalized spacial score (nSPS) is 10.5. The highest BCUT2D eigenvalue weighted by molar-refractivity contribution is 6.13. The smallest absolute Gasteiger partial charge is 0.281 e. The largest absolute Gasteiger partial charge is 0.412 e. The fourth-order valence-electron chi connectivity index (χ4n) is 3.44. The van der Waals surface area contributed by atoms with Crippen molar-refractivity contribution in [1.29, 1.82) is 0 Å². The molecule has 2 N–H and O–H groups in total. The van der Waals surface area contributed by atoms with Crippen molar-refractivity contribution < 1.29 is 5.48 Å². The van der Waals surface area contributed by atoms with Gasteiger partial charge in [-0.05, 0) is 21.5 Å². The standard InChI is InChI=1S/C24H12O6.H2O/c25-19-17-11-5-3-9-15(17)13-7-1-2-8-14(13)16-10-4-6-12-18(16)20(26)22(28)24(30)23(29)21(19)27;/h1-12H;1H2. The van der Waals surface area contributed by atoms with E-state index >= 15 is 0 Å². The van der Waals surface area contributed by atoms with Gasteiger partial charge in [-0.2, -0.15) is 0 Å². The molecule has 0 atom stereocenters. The second kappa shape index (κ2) is 8.17. The Labute approximate surface area is 172 Å². The van der Waals surface area contributed by atoms with Crippen LogP contribution in [0.3, 0.4) is 0 Å². The highest BCUT2D eigenvalue weighted by Crippen LogP contribution is 2.24. The van der Waals surface area contributed by atoms with Gasteiger partial charge < -0.3 is 5.48 Å². The molecule has 0 bridgehead atoms. The van der Waals surface area contributed by atoms with E-state index < -0.39 is 32.6 Å². The molecule has 0 aliphatic carbocycles. The summed E-state index contributed by atoms with van der Waals surface area (Å²) in [5.74, 6) is 0. The van der Waals surface area contributed by atoms with Crippen molar-refractivity contribution in [3.8, 4) is 0 Å². The molecule has 0 saturated heterocycles. The van der Waals surface area contributed by atoms with E-state index in [9.17, 15) is 28.8 Å². The van der Waals surface area contributed by atoms with Gasteiger partial charge >= 0.3 is 0 Å². The van der Waals surface area contributed by atoms with Gasteiger partial charge in [-0.3, -0.25) is 28.8 Å². The first-order chi connectivity index (χ1) is 14.4. The van der Waals surface area contributed by atoms with Crippen molar-refractivity contribution in [2.45, 2.75) is 0 Å². The zero-order valence-corrected chi connectivity index (χ0v) is 15.9. The van der Waals surface area contributed by atoms with Crippen molar-refractivity contribution in [3.05, 3.63) is 134 Å². The van der Waals surface area contributed by atoms with Gasteiger partial charge in [0.15, 0.2) is 0 Å². The van der Waals surface area contributed by atoms with Crippen LogP contribution in [0.15, 0.2) is 102 Å². The molecule has 4 aromatic carbocycles. The fourth-order valence-corrected chi connectivity index (χ4v) is 3.44. The van der Waals surface area contributed by atoms with Gasteiger partial charge in [0.05, 0.1) is 0 Å². The molecule has 0 aliphatic heterocycles. The average Bonchev–Trinajstić information content (AvgIpc) is 2.80. The Morgan fingerprint density at radius 3 is 0.774 bits per heavy atom. The van der Waals surface area contributed by atoms with E-state index in [1.807, 2.05) is 0 Å². The van der Waals surface area contributed by atoms with Gasteiger partial charge in [0.25, 0.3) is 21.7 Å². The summed E-state index contributed by atoms with van der Waals surface area (Å²) in [4.78, 5) is 74.6. The van der Waals surface area contributed by atoms with E-state index in [0.717, 1.165) is 0 Å². The summed E-state index contributed by atoms with van der Waals surface area (Å²) in [5.41, 5.74) is -9.38. The first-order valence-corrected chi connectivity index (χ1v) is 8.96. The van der Waals surface area contributed by atoms with Crippen LogP contribution in [0.5, 0.6) is 0 Å². The monoisotopic (exact) mass is 414 g/mol. The number of benzene rings is 3. The lowest BCUT2D eigenvalue weighted by atomic mass is 10.0. The first-order valence-electron chi connectivity index (χ1n) is 8.96. The molecule has 0 aromatic heterocycles. The number of hydrogen-bond acceptors (Lipinski definition) is 6. The average molecular weight is 414 g/mol. The molecule has 0 saturated carbocycles. The maximum absolute atomic E-state index is 12.7. The Balaban J connectivity index is 0.00000272. The summed E-state index contributed by atoms with van der Waals surface area (Å²) < 4.78 is 0. The minimum Gasteiger partial charge on any atom is -0.412 e. The van der Waals surface area contributed by atoms with Crippen LogP contribution in [-0.2, 0) is 0 Å². The molecular weight excluding hydrogens is 400 g/mol. The van der Waals surface area contributed by atoms with E-state index in [-0.39, 0.29) is 16.2 Å². The van der Waals surface area contributed by atoms with Gasteiger partial charge in [-0.25, -0.2) is 0 Å². The highest BCUT2D eigenvalue weighted by Gasteiger charge is 2.10. The van der Waals surface area contributed by atoms with E-state index in [0.29, 0.717) is 21.5 Å². The Hall–Kier alpha value is -4.36. The van der Waals surface area contributed by atoms with Gasteiger partial charge in [0.1, 0.15) is 0 Å². The topological polar surface area (TPSA) is 134 Å². The predicted molar refractivity (Wildman–Crippen MR) is 120 cm³/mol. The van der Waals surface area contributed by atoms with Crippen LogP contribution in [0.25, 0.3) is 32.3 Å². The third-order valence-electron chi connectivity index (χ3n) is 4.88. The van der Waals surface area contributed by atoms with Crippen molar-refractivity contribution in [3.63, 3.8) is 0 Å². The Kier molecular flexibility index (Phi) is 5.63. The van der Waals surface area contributed by atoms with Gasteiger partial charge in [-0.15, -0.1) is 0 Å².